The average molecular weight is 196 g/mol. The molecule has 4 heteroatoms. The number of hydrogen-bond acceptors (Lipinski definition) is 4. The summed E-state index contributed by atoms with van der Waals surface area (Å²) in [4.78, 5) is 33.0. The molecule has 0 aliphatic rings. The molecule has 0 atom stereocenters. The summed E-state index contributed by atoms with van der Waals surface area (Å²) in [7, 11) is 0. The van der Waals surface area contributed by atoms with Crippen molar-refractivity contribution >= 4 is 6.29 Å². The predicted molar refractivity (Wildman–Crippen MR) is 51.6 cm³/mol. The Labute approximate surface area is 81.2 Å². The molecule has 0 radical (unpaired) electrons. The summed E-state index contributed by atoms with van der Waals surface area (Å²) in [6.07, 6.45) is 0.645. The molecule has 0 aromatic heterocycles. The maximum atomic E-state index is 11.2. The van der Waals surface area contributed by atoms with Crippen LogP contribution in [0.1, 0.15) is 26.3 Å². The molecule has 1 aromatic rings. The SMILES string of the molecule is CCOc1c(C(C)(C)C=O)c(=O)c1=O. The summed E-state index contributed by atoms with van der Waals surface area (Å²) < 4.78 is 5.01. The van der Waals surface area contributed by atoms with E-state index >= 15 is 0 Å². The summed E-state index contributed by atoms with van der Waals surface area (Å²) in [6.45, 7) is 5.19. The Kier molecular flexibility index (Phi) is 2.55. The number of rotatable bonds is 4. The number of carbonyl (C=O) groups is 1. The molecule has 0 aliphatic heterocycles. The van der Waals surface area contributed by atoms with Crippen molar-refractivity contribution in [2.75, 3.05) is 6.61 Å². The first-order valence-corrected chi connectivity index (χ1v) is 4.38. The highest BCUT2D eigenvalue weighted by atomic mass is 16.5. The molecule has 1 rings (SSSR count). The Morgan fingerprint density at radius 1 is 1.29 bits per heavy atom. The van der Waals surface area contributed by atoms with Crippen LogP contribution in [0, 0.1) is 0 Å². The fourth-order valence-electron chi connectivity index (χ4n) is 1.30. The van der Waals surface area contributed by atoms with Crippen molar-refractivity contribution in [1.29, 1.82) is 0 Å². The molecule has 0 amide bonds. The van der Waals surface area contributed by atoms with E-state index in [2.05, 4.69) is 0 Å². The van der Waals surface area contributed by atoms with Gasteiger partial charge >= 0.3 is 0 Å². The lowest BCUT2D eigenvalue weighted by Crippen LogP contribution is -2.43. The minimum atomic E-state index is -0.935. The number of ether oxygens (including phenoxy) is 1. The van der Waals surface area contributed by atoms with Gasteiger partial charge in [0.25, 0.3) is 5.43 Å². The van der Waals surface area contributed by atoms with Gasteiger partial charge in [-0.25, -0.2) is 0 Å². The van der Waals surface area contributed by atoms with E-state index in [0.717, 1.165) is 0 Å². The van der Waals surface area contributed by atoms with Crippen molar-refractivity contribution in [2.45, 2.75) is 26.2 Å². The van der Waals surface area contributed by atoms with Gasteiger partial charge in [0, 0.05) is 0 Å². The summed E-state index contributed by atoms with van der Waals surface area (Å²) in [6, 6.07) is 0. The van der Waals surface area contributed by atoms with Crippen molar-refractivity contribution in [1.82, 2.24) is 0 Å². The van der Waals surface area contributed by atoms with Gasteiger partial charge in [-0.1, -0.05) is 0 Å². The molecule has 0 unspecified atom stereocenters. The van der Waals surface area contributed by atoms with E-state index in [0.29, 0.717) is 12.9 Å². The van der Waals surface area contributed by atoms with Crippen molar-refractivity contribution in [3.63, 3.8) is 0 Å². The van der Waals surface area contributed by atoms with Crippen molar-refractivity contribution in [2.24, 2.45) is 0 Å². The quantitative estimate of drug-likeness (QED) is 0.508. The lowest BCUT2D eigenvalue weighted by molar-refractivity contribution is -0.111. The van der Waals surface area contributed by atoms with Crippen LogP contribution in [0.15, 0.2) is 9.59 Å². The van der Waals surface area contributed by atoms with E-state index in [1.165, 1.54) is 0 Å². The first kappa shape index (κ1) is 10.6. The monoisotopic (exact) mass is 196 g/mol. The van der Waals surface area contributed by atoms with Gasteiger partial charge in [0.2, 0.25) is 5.43 Å². The van der Waals surface area contributed by atoms with Crippen molar-refractivity contribution in [3.8, 4) is 5.75 Å². The maximum absolute atomic E-state index is 11.2. The van der Waals surface area contributed by atoms with Crippen LogP contribution in [0.4, 0.5) is 0 Å². The third-order valence-corrected chi connectivity index (χ3v) is 2.09. The normalized spacial score (nSPS) is 11.6. The summed E-state index contributed by atoms with van der Waals surface area (Å²) in [5.74, 6) is 0.0506. The van der Waals surface area contributed by atoms with E-state index in [9.17, 15) is 14.4 Å². The van der Waals surface area contributed by atoms with Crippen LogP contribution in [-0.4, -0.2) is 12.9 Å². The summed E-state index contributed by atoms with van der Waals surface area (Å²) in [5, 5.41) is 0. The van der Waals surface area contributed by atoms with Gasteiger partial charge in [0.15, 0.2) is 5.75 Å². The van der Waals surface area contributed by atoms with Gasteiger partial charge in [-0.05, 0) is 20.8 Å². The summed E-state index contributed by atoms with van der Waals surface area (Å²) >= 11 is 0. The molecule has 14 heavy (non-hydrogen) atoms. The second kappa shape index (κ2) is 3.36. The van der Waals surface area contributed by atoms with Crippen molar-refractivity contribution in [3.05, 3.63) is 26.0 Å². The molecular weight excluding hydrogens is 184 g/mol. The molecule has 0 fully saturated rings. The third-order valence-electron chi connectivity index (χ3n) is 2.09. The molecule has 4 nitrogen and oxygen atoms in total. The zero-order valence-corrected chi connectivity index (χ0v) is 8.42. The molecule has 0 spiro atoms. The van der Waals surface area contributed by atoms with E-state index < -0.39 is 16.3 Å². The van der Waals surface area contributed by atoms with E-state index in [1.807, 2.05) is 0 Å². The Bertz CT molecular complexity index is 421. The lowest BCUT2D eigenvalue weighted by Gasteiger charge is -2.21. The van der Waals surface area contributed by atoms with E-state index in [-0.39, 0.29) is 11.3 Å². The second-order valence-electron chi connectivity index (χ2n) is 3.63. The maximum Gasteiger partial charge on any atom is 0.268 e. The first-order valence-electron chi connectivity index (χ1n) is 4.38. The highest BCUT2D eigenvalue weighted by Crippen LogP contribution is 2.25. The Morgan fingerprint density at radius 3 is 2.29 bits per heavy atom. The first-order chi connectivity index (χ1) is 6.45. The van der Waals surface area contributed by atoms with Crippen LogP contribution in [-0.2, 0) is 10.2 Å². The van der Waals surface area contributed by atoms with E-state index in [4.69, 9.17) is 4.74 Å². The van der Waals surface area contributed by atoms with Crippen LogP contribution >= 0.6 is 0 Å². The largest absolute Gasteiger partial charge is 0.489 e. The molecule has 0 heterocycles. The van der Waals surface area contributed by atoms with Gasteiger partial charge in [0.1, 0.15) is 6.29 Å². The molecule has 76 valence electrons. The van der Waals surface area contributed by atoms with Gasteiger partial charge in [-0.15, -0.1) is 0 Å². The fourth-order valence-corrected chi connectivity index (χ4v) is 1.30. The van der Waals surface area contributed by atoms with Gasteiger partial charge in [-0.3, -0.25) is 9.59 Å². The highest BCUT2D eigenvalue weighted by molar-refractivity contribution is 5.70. The Morgan fingerprint density at radius 2 is 1.86 bits per heavy atom. The minimum Gasteiger partial charge on any atom is -0.489 e. The standard InChI is InChI=1S/C10H12O4/c1-4-14-9-6(7(12)8(9)13)10(2,3)5-11/h5H,4H2,1-3H3. The smallest absolute Gasteiger partial charge is 0.268 e. The molecule has 0 N–H and O–H groups in total. The topological polar surface area (TPSA) is 60.4 Å². The number of aldehydes is 1. The molecule has 0 bridgehead atoms. The molecule has 0 saturated heterocycles. The van der Waals surface area contributed by atoms with Gasteiger partial charge in [0.05, 0.1) is 17.6 Å². The van der Waals surface area contributed by atoms with Crippen LogP contribution in [0.5, 0.6) is 5.75 Å². The van der Waals surface area contributed by atoms with Gasteiger partial charge in [-0.2, -0.15) is 0 Å². The zero-order chi connectivity index (χ0) is 10.9. The van der Waals surface area contributed by atoms with Crippen LogP contribution in [0.25, 0.3) is 0 Å². The number of carbonyl (C=O) groups excluding carboxylic acids is 1. The Hall–Kier alpha value is -1.45. The fraction of sp³-hybridized carbons (Fsp3) is 0.500. The molecule has 0 aliphatic carbocycles. The third kappa shape index (κ3) is 1.36. The van der Waals surface area contributed by atoms with Crippen LogP contribution in [0.2, 0.25) is 0 Å². The molecule has 1 aromatic carbocycles. The number of hydrogen-bond donors (Lipinski definition) is 0. The summed E-state index contributed by atoms with van der Waals surface area (Å²) in [5.41, 5.74) is -1.98. The van der Waals surface area contributed by atoms with E-state index in [1.54, 1.807) is 20.8 Å². The molecular formula is C10H12O4. The second-order valence-corrected chi connectivity index (χ2v) is 3.63. The average Bonchev–Trinajstić information content (AvgIpc) is 2.16. The lowest BCUT2D eigenvalue weighted by atomic mass is 9.82. The zero-order valence-electron chi connectivity index (χ0n) is 8.42. The van der Waals surface area contributed by atoms with Crippen LogP contribution in [0.3, 0.4) is 0 Å². The highest BCUT2D eigenvalue weighted by Gasteiger charge is 2.34. The van der Waals surface area contributed by atoms with Gasteiger partial charge < -0.3 is 9.53 Å². The minimum absolute atomic E-state index is 0.0506. The van der Waals surface area contributed by atoms with Crippen molar-refractivity contribution < 1.29 is 9.53 Å². The van der Waals surface area contributed by atoms with Crippen LogP contribution < -0.4 is 15.6 Å². The predicted octanol–water partition coefficient (Wildman–Crippen LogP) is 0.158. The molecule has 0 saturated carbocycles. The Balaban J connectivity index is 3.23.